The normalized spacial score (nSPS) is 11.7. The highest BCUT2D eigenvalue weighted by molar-refractivity contribution is 14.1. The van der Waals surface area contributed by atoms with Crippen molar-refractivity contribution in [1.82, 2.24) is 5.32 Å². The Morgan fingerprint density at radius 1 is 1.17 bits per heavy atom. The van der Waals surface area contributed by atoms with E-state index in [1.54, 1.807) is 38.5 Å². The van der Waals surface area contributed by atoms with Crippen LogP contribution in [0.15, 0.2) is 36.4 Å². The molecule has 0 aromatic heterocycles. The van der Waals surface area contributed by atoms with Gasteiger partial charge in [0.15, 0.2) is 0 Å². The standard InChI is InChI=1S/C17H17ClINO3/c1-10(13-7-5-12(22-2)9-16(13)23-3)20-17(21)14-6-4-11(18)8-15(14)19/h4-10H,1-3H3,(H,20,21). The van der Waals surface area contributed by atoms with Gasteiger partial charge in [-0.15, -0.1) is 0 Å². The van der Waals surface area contributed by atoms with Gasteiger partial charge in [-0.05, 0) is 59.8 Å². The van der Waals surface area contributed by atoms with Crippen LogP contribution < -0.4 is 14.8 Å². The predicted molar refractivity (Wildman–Crippen MR) is 99.6 cm³/mol. The lowest BCUT2D eigenvalue weighted by atomic mass is 10.1. The van der Waals surface area contributed by atoms with E-state index in [0.29, 0.717) is 22.1 Å². The number of carbonyl (C=O) groups excluding carboxylic acids is 1. The van der Waals surface area contributed by atoms with Gasteiger partial charge in [0.05, 0.1) is 25.8 Å². The minimum atomic E-state index is -0.213. The molecule has 0 radical (unpaired) electrons. The average Bonchev–Trinajstić information content (AvgIpc) is 2.53. The number of nitrogens with one attached hydrogen (secondary N) is 1. The van der Waals surface area contributed by atoms with Gasteiger partial charge in [0, 0.05) is 20.2 Å². The molecule has 2 rings (SSSR count). The van der Waals surface area contributed by atoms with Crippen molar-refractivity contribution < 1.29 is 14.3 Å². The van der Waals surface area contributed by atoms with E-state index in [4.69, 9.17) is 21.1 Å². The van der Waals surface area contributed by atoms with Gasteiger partial charge in [-0.1, -0.05) is 11.6 Å². The number of carbonyl (C=O) groups is 1. The summed E-state index contributed by atoms with van der Waals surface area (Å²) < 4.78 is 11.4. The van der Waals surface area contributed by atoms with E-state index in [2.05, 4.69) is 27.9 Å². The topological polar surface area (TPSA) is 47.6 Å². The molecular formula is C17H17ClINO3. The van der Waals surface area contributed by atoms with E-state index in [1.807, 2.05) is 19.1 Å². The Labute approximate surface area is 154 Å². The van der Waals surface area contributed by atoms with E-state index in [1.165, 1.54) is 0 Å². The number of hydrogen-bond donors (Lipinski definition) is 1. The number of hydrogen-bond acceptors (Lipinski definition) is 3. The first-order chi connectivity index (χ1) is 11.0. The summed E-state index contributed by atoms with van der Waals surface area (Å²) in [4.78, 5) is 12.5. The third kappa shape index (κ3) is 4.29. The molecule has 0 aliphatic heterocycles. The van der Waals surface area contributed by atoms with Gasteiger partial charge in [0.1, 0.15) is 11.5 Å². The smallest absolute Gasteiger partial charge is 0.252 e. The van der Waals surface area contributed by atoms with Crippen LogP contribution in [0, 0.1) is 3.57 Å². The molecule has 0 saturated heterocycles. The zero-order valence-corrected chi connectivity index (χ0v) is 15.9. The summed E-state index contributed by atoms with van der Waals surface area (Å²) >= 11 is 8.03. The van der Waals surface area contributed by atoms with Gasteiger partial charge < -0.3 is 14.8 Å². The first-order valence-electron chi connectivity index (χ1n) is 6.94. The summed E-state index contributed by atoms with van der Waals surface area (Å²) in [6, 6.07) is 10.5. The second-order valence-electron chi connectivity index (χ2n) is 4.93. The zero-order chi connectivity index (χ0) is 17.0. The summed E-state index contributed by atoms with van der Waals surface area (Å²) in [5, 5.41) is 3.58. The lowest BCUT2D eigenvalue weighted by Gasteiger charge is -2.18. The van der Waals surface area contributed by atoms with Crippen molar-refractivity contribution in [3.05, 3.63) is 56.1 Å². The molecule has 1 unspecified atom stereocenters. The van der Waals surface area contributed by atoms with Crippen LogP contribution in [0.25, 0.3) is 0 Å². The molecule has 23 heavy (non-hydrogen) atoms. The van der Waals surface area contributed by atoms with Crippen LogP contribution in [0.1, 0.15) is 28.9 Å². The lowest BCUT2D eigenvalue weighted by Crippen LogP contribution is -2.27. The van der Waals surface area contributed by atoms with Gasteiger partial charge >= 0.3 is 0 Å². The van der Waals surface area contributed by atoms with Gasteiger partial charge in [0.2, 0.25) is 0 Å². The highest BCUT2D eigenvalue weighted by Gasteiger charge is 2.17. The monoisotopic (exact) mass is 445 g/mol. The maximum atomic E-state index is 12.5. The van der Waals surface area contributed by atoms with Crippen LogP contribution in [-0.4, -0.2) is 20.1 Å². The average molecular weight is 446 g/mol. The number of ether oxygens (including phenoxy) is 2. The van der Waals surface area contributed by atoms with Crippen molar-refractivity contribution in [2.75, 3.05) is 14.2 Å². The van der Waals surface area contributed by atoms with Crippen molar-refractivity contribution in [2.45, 2.75) is 13.0 Å². The Hall–Kier alpha value is -1.47. The van der Waals surface area contributed by atoms with Gasteiger partial charge in [-0.2, -0.15) is 0 Å². The fourth-order valence-electron chi connectivity index (χ4n) is 2.20. The molecule has 0 spiro atoms. The second-order valence-corrected chi connectivity index (χ2v) is 6.53. The Kier molecular flexibility index (Phi) is 6.12. The minimum absolute atomic E-state index is 0.156. The summed E-state index contributed by atoms with van der Waals surface area (Å²) in [6.45, 7) is 1.91. The second kappa shape index (κ2) is 7.88. The molecule has 122 valence electrons. The fourth-order valence-corrected chi connectivity index (χ4v) is 3.32. The highest BCUT2D eigenvalue weighted by atomic mass is 127. The Morgan fingerprint density at radius 2 is 1.91 bits per heavy atom. The van der Waals surface area contributed by atoms with Crippen LogP contribution in [0.2, 0.25) is 5.02 Å². The molecule has 0 saturated carbocycles. The molecular weight excluding hydrogens is 429 g/mol. The molecule has 4 nitrogen and oxygen atoms in total. The quantitative estimate of drug-likeness (QED) is 0.692. The summed E-state index contributed by atoms with van der Waals surface area (Å²) in [7, 11) is 3.19. The molecule has 1 N–H and O–H groups in total. The maximum Gasteiger partial charge on any atom is 0.252 e. The van der Waals surface area contributed by atoms with Crippen LogP contribution in [0.5, 0.6) is 11.5 Å². The summed E-state index contributed by atoms with van der Waals surface area (Å²) in [6.07, 6.45) is 0. The number of methoxy groups -OCH3 is 2. The Balaban J connectivity index is 2.21. The number of halogens is 2. The van der Waals surface area contributed by atoms with E-state index in [-0.39, 0.29) is 11.9 Å². The fraction of sp³-hybridized carbons (Fsp3) is 0.235. The van der Waals surface area contributed by atoms with Crippen LogP contribution in [0.4, 0.5) is 0 Å². The molecule has 0 bridgehead atoms. The molecule has 1 atom stereocenters. The summed E-state index contributed by atoms with van der Waals surface area (Å²) in [5.41, 5.74) is 1.47. The molecule has 0 aliphatic rings. The van der Waals surface area contributed by atoms with E-state index >= 15 is 0 Å². The van der Waals surface area contributed by atoms with Gasteiger partial charge in [-0.3, -0.25) is 4.79 Å². The SMILES string of the molecule is COc1ccc(C(C)NC(=O)c2ccc(Cl)cc2I)c(OC)c1. The zero-order valence-electron chi connectivity index (χ0n) is 13.0. The minimum Gasteiger partial charge on any atom is -0.497 e. The van der Waals surface area contributed by atoms with Crippen LogP contribution in [-0.2, 0) is 0 Å². The van der Waals surface area contributed by atoms with Crippen molar-refractivity contribution in [3.8, 4) is 11.5 Å². The first kappa shape index (κ1) is 17.9. The molecule has 2 aromatic rings. The van der Waals surface area contributed by atoms with Gasteiger partial charge in [0.25, 0.3) is 5.91 Å². The third-order valence-corrected chi connectivity index (χ3v) is 4.56. The van der Waals surface area contributed by atoms with Crippen molar-refractivity contribution in [2.24, 2.45) is 0 Å². The molecule has 1 amide bonds. The van der Waals surface area contributed by atoms with Crippen molar-refractivity contribution >= 4 is 40.1 Å². The highest BCUT2D eigenvalue weighted by Crippen LogP contribution is 2.29. The van der Waals surface area contributed by atoms with Crippen LogP contribution in [0.3, 0.4) is 0 Å². The third-order valence-electron chi connectivity index (χ3n) is 3.43. The molecule has 6 heteroatoms. The summed E-state index contributed by atoms with van der Waals surface area (Å²) in [5.74, 6) is 1.22. The number of benzene rings is 2. The predicted octanol–water partition coefficient (Wildman–Crippen LogP) is 4.45. The van der Waals surface area contributed by atoms with E-state index in [0.717, 1.165) is 9.13 Å². The molecule has 0 heterocycles. The van der Waals surface area contributed by atoms with Gasteiger partial charge in [-0.25, -0.2) is 0 Å². The Bertz CT molecular complexity index is 721. The van der Waals surface area contributed by atoms with Crippen molar-refractivity contribution in [1.29, 1.82) is 0 Å². The molecule has 0 aliphatic carbocycles. The molecule has 2 aromatic carbocycles. The molecule has 0 fully saturated rings. The first-order valence-corrected chi connectivity index (χ1v) is 8.39. The van der Waals surface area contributed by atoms with E-state index < -0.39 is 0 Å². The number of rotatable bonds is 5. The Morgan fingerprint density at radius 3 is 2.52 bits per heavy atom. The lowest BCUT2D eigenvalue weighted by molar-refractivity contribution is 0.0938. The van der Waals surface area contributed by atoms with E-state index in [9.17, 15) is 4.79 Å². The largest absolute Gasteiger partial charge is 0.497 e. The van der Waals surface area contributed by atoms with Crippen molar-refractivity contribution in [3.63, 3.8) is 0 Å². The maximum absolute atomic E-state index is 12.5. The number of amides is 1. The van der Waals surface area contributed by atoms with Crippen LogP contribution >= 0.6 is 34.2 Å².